The largest absolute Gasteiger partial charge is 0.446 e. The Morgan fingerprint density at radius 3 is 1.47 bits per heavy atom. The molecule has 0 bridgehead atoms. The second kappa shape index (κ2) is 33.1. The fourth-order valence-electron chi connectivity index (χ4n) is 8.19. The standard InChI is InChI=1S/C23H24FN5O4.C12H21N3O4.C9H16N2O3.C7H13N3O2.C3H6ClNO.C2HF3O/c1-11-18(10-15-14-9-13(24)5-6-16(14)26-20(15)30)25-12(2)19(11)21(31)27-17-7-8-29(22(17)32)23(33)28(3)4;1-12(2,3)19-10(17)13-8-6-7-15(9(8)16)11(18)14(4)5;1-9(2,3)14-8(13)11-6-4-5-10-7(6)12;1-9(2)7(12)10-4-3-5(8)6(10)11;1-5(2)3(4)6;3-2(4,5)1-6/h5-6,9-10,17,25H,7-8H2,1-4H3,(H,26,30)(H,27,31);8H,6-7H2,1-5H3,(H,13,17);6H,4-5H2,1-3H3,(H,10,12)(H,11,13);5H,3-4,8H2,1-2H3;1-2H3;1H/b15-10-;;;;;/t17-;8-;6-;5-;;/m0000../s1. The van der Waals surface area contributed by atoms with Gasteiger partial charge in [-0.1, -0.05) is 0 Å². The van der Waals surface area contributed by atoms with E-state index in [2.05, 4.69) is 31.6 Å². The van der Waals surface area contributed by atoms with E-state index in [1.807, 2.05) is 0 Å². The molecule has 0 unspecified atom stereocenters. The van der Waals surface area contributed by atoms with E-state index < -0.39 is 95.0 Å². The van der Waals surface area contributed by atoms with Crippen LogP contribution in [0.2, 0.25) is 0 Å². The van der Waals surface area contributed by atoms with Gasteiger partial charge in [0.2, 0.25) is 18.1 Å². The maximum atomic E-state index is 13.7. The first-order chi connectivity index (χ1) is 41.3. The summed E-state index contributed by atoms with van der Waals surface area (Å²) in [4.78, 5) is 161. The molecule has 1 aromatic carbocycles. The lowest BCUT2D eigenvalue weighted by molar-refractivity contribution is -0.156. The van der Waals surface area contributed by atoms with Crippen LogP contribution in [0.4, 0.5) is 52.0 Å². The molecule has 4 atom stereocenters. The number of alkyl carbamates (subject to hydrolysis) is 2. The highest BCUT2D eigenvalue weighted by atomic mass is 35.5. The van der Waals surface area contributed by atoms with E-state index in [1.54, 1.807) is 118 Å². The predicted octanol–water partition coefficient (Wildman–Crippen LogP) is 4.35. The number of alkyl halides is 3. The van der Waals surface area contributed by atoms with Gasteiger partial charge in [0.15, 0.2) is 0 Å². The van der Waals surface area contributed by atoms with E-state index in [0.29, 0.717) is 79.1 Å². The van der Waals surface area contributed by atoms with Crippen LogP contribution < -0.4 is 32.3 Å². The van der Waals surface area contributed by atoms with Gasteiger partial charge < -0.3 is 66.4 Å². The minimum absolute atomic E-state index is 0.143. The average molecular weight is 1300 g/mol. The highest BCUT2D eigenvalue weighted by Gasteiger charge is 2.40. The molecular formula is C56H81ClF4N14O15. The molecule has 5 aliphatic heterocycles. The Bertz CT molecular complexity index is 3050. The number of aryl methyl sites for hydroxylation is 1. The van der Waals surface area contributed by atoms with Crippen molar-refractivity contribution in [2.75, 3.05) is 87.9 Å². The SMILES string of the molecule is CC(C)(C)OC(=O)N[C@H]1CCNC1=O.CN(C)C(=O)Cl.CN(C)C(=O)N1CC[C@H](N)C1=O.CN(C)C(=O)N1CC[C@H](NC(=O)OC(C)(C)C)C1=O.Cc1[nH]c(/C=C2\C(=O)Nc3ccc(F)cc32)c(C)c1C(=O)N[C@H]1CCN(C(=O)N(C)C)C1=O.O=CC(F)(F)F. The maximum absolute atomic E-state index is 13.7. The predicted molar refractivity (Wildman–Crippen MR) is 320 cm³/mol. The third kappa shape index (κ3) is 23.9. The summed E-state index contributed by atoms with van der Waals surface area (Å²) in [5, 5.41) is 12.6. The van der Waals surface area contributed by atoms with Gasteiger partial charge in [-0.05, 0) is 123 Å². The molecule has 8 N–H and O–H groups in total. The molecule has 4 fully saturated rings. The fourth-order valence-corrected chi connectivity index (χ4v) is 8.19. The lowest BCUT2D eigenvalue weighted by atomic mass is 10.0. The molecule has 90 heavy (non-hydrogen) atoms. The van der Waals surface area contributed by atoms with Crippen molar-refractivity contribution in [2.45, 2.75) is 123 Å². The molecule has 0 aliphatic carbocycles. The molecule has 0 radical (unpaired) electrons. The van der Waals surface area contributed by atoms with Gasteiger partial charge >= 0.3 is 41.8 Å². The molecular weight excluding hydrogens is 1220 g/mol. The van der Waals surface area contributed by atoms with E-state index in [4.69, 9.17) is 31.6 Å². The lowest BCUT2D eigenvalue weighted by Gasteiger charge is -2.22. The Balaban J connectivity index is 0.000000411. The number of halogens is 5. The Morgan fingerprint density at radius 2 is 1.09 bits per heavy atom. The van der Waals surface area contributed by atoms with Crippen molar-refractivity contribution >= 4 is 106 Å². The third-order valence-electron chi connectivity index (χ3n) is 12.5. The molecule has 29 nitrogen and oxygen atoms in total. The highest BCUT2D eigenvalue weighted by molar-refractivity contribution is 6.62. The number of H-pyrrole nitrogens is 1. The Hall–Kier alpha value is -8.88. The van der Waals surface area contributed by atoms with Crippen molar-refractivity contribution in [3.05, 3.63) is 52.1 Å². The number of benzene rings is 1. The number of carbonyl (C=O) groups is 13. The monoisotopic (exact) mass is 1300 g/mol. The fraction of sp³-hybridized carbons (Fsp3) is 0.554. The zero-order chi connectivity index (χ0) is 69.2. The van der Waals surface area contributed by atoms with Gasteiger partial charge in [0.25, 0.3) is 23.6 Å². The summed E-state index contributed by atoms with van der Waals surface area (Å²) in [6, 6.07) is 0.538. The number of ether oxygens (including phenoxy) is 2. The van der Waals surface area contributed by atoms with Crippen molar-refractivity contribution in [2.24, 2.45) is 5.73 Å². The van der Waals surface area contributed by atoms with Gasteiger partial charge in [-0.2, -0.15) is 13.2 Å². The topological polar surface area (TPSA) is 365 Å². The second-order valence-electron chi connectivity index (χ2n) is 23.1. The third-order valence-corrected chi connectivity index (χ3v) is 12.8. The average Bonchev–Trinajstić information content (AvgIpc) is 1.68. The van der Waals surface area contributed by atoms with Crippen LogP contribution in [0.3, 0.4) is 0 Å². The molecule has 6 heterocycles. The van der Waals surface area contributed by atoms with Gasteiger partial charge in [-0.15, -0.1) is 0 Å². The first kappa shape index (κ1) is 77.2. The van der Waals surface area contributed by atoms with Crippen LogP contribution in [-0.2, 0) is 38.2 Å². The van der Waals surface area contributed by atoms with Crippen molar-refractivity contribution in [3.63, 3.8) is 0 Å². The highest BCUT2D eigenvalue weighted by Crippen LogP contribution is 2.34. The number of imide groups is 3. The van der Waals surface area contributed by atoms with Crippen LogP contribution >= 0.6 is 11.6 Å². The van der Waals surface area contributed by atoms with Crippen LogP contribution in [0.25, 0.3) is 11.6 Å². The number of likely N-dealkylation sites (tertiary alicyclic amines) is 3. The molecule has 0 spiro atoms. The zero-order valence-electron chi connectivity index (χ0n) is 53.1. The Labute approximate surface area is 522 Å². The van der Waals surface area contributed by atoms with E-state index in [-0.39, 0.29) is 41.9 Å². The first-order valence-corrected chi connectivity index (χ1v) is 28.0. The number of nitrogens with one attached hydrogen (secondary N) is 6. The molecule has 0 saturated carbocycles. The summed E-state index contributed by atoms with van der Waals surface area (Å²) >= 11 is 4.90. The normalized spacial score (nSPS) is 18.6. The maximum Gasteiger partial charge on any atom is 0.446 e. The van der Waals surface area contributed by atoms with Crippen LogP contribution in [-0.4, -0.2) is 241 Å². The van der Waals surface area contributed by atoms with Gasteiger partial charge in [-0.25, -0.2) is 28.4 Å². The smallest absolute Gasteiger partial charge is 0.444 e. The van der Waals surface area contributed by atoms with Crippen molar-refractivity contribution in [1.29, 1.82) is 0 Å². The molecule has 1 aromatic heterocycles. The lowest BCUT2D eigenvalue weighted by Crippen LogP contribution is -2.47. The number of hydrogen-bond donors (Lipinski definition) is 7. The number of rotatable bonds is 5. The number of nitrogens with two attached hydrogens (primary N) is 1. The minimum atomic E-state index is -4.64. The molecule has 500 valence electrons. The zero-order valence-corrected chi connectivity index (χ0v) is 53.8. The summed E-state index contributed by atoms with van der Waals surface area (Å²) in [6.45, 7) is 15.6. The summed E-state index contributed by atoms with van der Waals surface area (Å²) in [6.07, 6.45) is -3.39. The van der Waals surface area contributed by atoms with E-state index in [0.717, 1.165) is 9.80 Å². The van der Waals surface area contributed by atoms with E-state index in [1.165, 1.54) is 42.7 Å². The summed E-state index contributed by atoms with van der Waals surface area (Å²) < 4.78 is 55.1. The molecule has 7 rings (SSSR count). The number of carbonyl (C=O) groups excluding carboxylic acids is 13. The number of urea groups is 3. The number of aromatic amines is 1. The summed E-state index contributed by atoms with van der Waals surface area (Å²) in [5.41, 5.74) is 7.56. The number of aromatic nitrogens is 1. The molecule has 34 heteroatoms. The van der Waals surface area contributed by atoms with Gasteiger partial charge in [-0.3, -0.25) is 53.1 Å². The van der Waals surface area contributed by atoms with Gasteiger partial charge in [0, 0.05) is 105 Å². The van der Waals surface area contributed by atoms with Crippen LogP contribution in [0.15, 0.2) is 18.2 Å². The molecule has 15 amide bonds. The summed E-state index contributed by atoms with van der Waals surface area (Å²) in [7, 11) is 12.7. The number of amides is 15. The summed E-state index contributed by atoms with van der Waals surface area (Å²) in [5.74, 6) is -2.54. The number of hydrogen-bond acceptors (Lipinski definition) is 16. The number of aldehydes is 1. The first-order valence-electron chi connectivity index (χ1n) is 27.7. The van der Waals surface area contributed by atoms with Gasteiger partial charge in [0.05, 0.1) is 17.2 Å². The molecule has 2 aromatic rings. The molecule has 4 saturated heterocycles. The van der Waals surface area contributed by atoms with Crippen molar-refractivity contribution < 1.29 is 89.4 Å². The van der Waals surface area contributed by atoms with Crippen LogP contribution in [0.5, 0.6) is 0 Å². The number of fused-ring (bicyclic) bond motifs is 1. The Kier molecular flexibility index (Phi) is 28.4. The second-order valence-corrected chi connectivity index (χ2v) is 23.5. The minimum Gasteiger partial charge on any atom is -0.444 e. The van der Waals surface area contributed by atoms with Crippen molar-refractivity contribution in [1.82, 2.24) is 60.6 Å². The van der Waals surface area contributed by atoms with Crippen LogP contribution in [0, 0.1) is 19.7 Å². The van der Waals surface area contributed by atoms with E-state index in [9.17, 15) is 75.1 Å². The Morgan fingerprint density at radius 1 is 0.667 bits per heavy atom. The van der Waals surface area contributed by atoms with Gasteiger partial charge in [0.1, 0.15) is 35.1 Å². The molecule has 5 aliphatic rings. The quantitative estimate of drug-likeness (QED) is 0.0719. The number of nitrogens with zero attached hydrogens (tertiary/aromatic N) is 7. The van der Waals surface area contributed by atoms with Crippen LogP contribution in [0.1, 0.15) is 100 Å². The number of anilines is 1. The van der Waals surface area contributed by atoms with Crippen molar-refractivity contribution in [3.8, 4) is 0 Å². The van der Waals surface area contributed by atoms with E-state index >= 15 is 0 Å².